The largest absolute Gasteiger partial charge is 0.310 e. The highest BCUT2D eigenvalue weighted by Gasteiger charge is 2.22. The van der Waals surface area contributed by atoms with Crippen LogP contribution in [-0.4, -0.2) is 15.9 Å². The minimum absolute atomic E-state index is 0.0145. The second kappa shape index (κ2) is 2.80. The zero-order valence-corrected chi connectivity index (χ0v) is 7.72. The first-order valence-corrected chi connectivity index (χ1v) is 4.37. The van der Waals surface area contributed by atoms with E-state index in [1.54, 1.807) is 0 Å². The Morgan fingerprint density at radius 2 is 2.23 bits per heavy atom. The number of fused-ring (bicyclic) bond motifs is 1. The van der Waals surface area contributed by atoms with Gasteiger partial charge in [0.05, 0.1) is 6.42 Å². The number of aromatic nitrogens is 2. The molecule has 0 spiro atoms. The smallest absolute Gasteiger partial charge is 0.230 e. The van der Waals surface area contributed by atoms with Gasteiger partial charge in [0.1, 0.15) is 11.6 Å². The maximum atomic E-state index is 11.1. The van der Waals surface area contributed by atoms with E-state index in [-0.39, 0.29) is 5.91 Å². The van der Waals surface area contributed by atoms with Crippen molar-refractivity contribution in [1.82, 2.24) is 9.97 Å². The molecule has 68 valence electrons. The molecule has 4 nitrogen and oxygen atoms in total. The van der Waals surface area contributed by atoms with Crippen LogP contribution in [-0.2, 0) is 17.6 Å². The third-order valence-electron chi connectivity index (χ3n) is 2.17. The van der Waals surface area contributed by atoms with Crippen LogP contribution in [0.4, 0.5) is 5.82 Å². The molecule has 2 rings (SSSR count). The minimum atomic E-state index is 0.0145. The molecule has 1 aromatic heterocycles. The number of carbonyl (C=O) groups excluding carboxylic acids is 1. The minimum Gasteiger partial charge on any atom is -0.310 e. The molecule has 1 aliphatic rings. The zero-order valence-electron chi connectivity index (χ0n) is 7.72. The molecule has 2 heterocycles. The van der Waals surface area contributed by atoms with Crippen LogP contribution < -0.4 is 5.32 Å². The molecule has 0 radical (unpaired) electrons. The molecule has 0 fully saturated rings. The van der Waals surface area contributed by atoms with Gasteiger partial charge in [-0.1, -0.05) is 6.92 Å². The van der Waals surface area contributed by atoms with Gasteiger partial charge in [0.25, 0.3) is 0 Å². The fraction of sp³-hybridized carbons (Fsp3) is 0.444. The Bertz CT molecular complexity index is 373. The first-order chi connectivity index (χ1) is 6.20. The predicted octanol–water partition coefficient (Wildman–Crippen LogP) is 0.842. The van der Waals surface area contributed by atoms with Gasteiger partial charge >= 0.3 is 0 Å². The lowest BCUT2D eigenvalue weighted by Crippen LogP contribution is -2.05. The van der Waals surface area contributed by atoms with Crippen LogP contribution in [0.1, 0.15) is 24.0 Å². The van der Waals surface area contributed by atoms with Crippen molar-refractivity contribution in [1.29, 1.82) is 0 Å². The molecule has 0 aromatic carbocycles. The number of aryl methyl sites for hydroxylation is 2. The molecule has 0 aliphatic carbocycles. The Labute approximate surface area is 76.4 Å². The van der Waals surface area contributed by atoms with E-state index in [4.69, 9.17) is 0 Å². The molecule has 1 amide bonds. The molecular formula is C9H11N3O. The summed E-state index contributed by atoms with van der Waals surface area (Å²) in [5.74, 6) is 1.51. The summed E-state index contributed by atoms with van der Waals surface area (Å²) in [5, 5.41) is 2.72. The average molecular weight is 177 g/mol. The number of hydrogen-bond acceptors (Lipinski definition) is 3. The summed E-state index contributed by atoms with van der Waals surface area (Å²) in [4.78, 5) is 19.6. The van der Waals surface area contributed by atoms with Crippen LogP contribution in [0, 0.1) is 6.92 Å². The van der Waals surface area contributed by atoms with Gasteiger partial charge < -0.3 is 5.32 Å². The molecule has 1 N–H and O–H groups in total. The molecule has 1 aliphatic heterocycles. The fourth-order valence-corrected chi connectivity index (χ4v) is 1.46. The highest BCUT2D eigenvalue weighted by atomic mass is 16.1. The fourth-order valence-electron chi connectivity index (χ4n) is 1.46. The highest BCUT2D eigenvalue weighted by molar-refractivity contribution is 5.98. The Balaban J connectivity index is 2.52. The Morgan fingerprint density at radius 1 is 1.46 bits per heavy atom. The number of rotatable bonds is 1. The first-order valence-electron chi connectivity index (χ1n) is 4.37. The van der Waals surface area contributed by atoms with E-state index < -0.39 is 0 Å². The number of nitrogens with one attached hydrogen (secondary N) is 1. The summed E-state index contributed by atoms with van der Waals surface area (Å²) >= 11 is 0. The van der Waals surface area contributed by atoms with Crippen LogP contribution in [0.15, 0.2) is 0 Å². The van der Waals surface area contributed by atoms with E-state index in [1.165, 1.54) is 0 Å². The van der Waals surface area contributed by atoms with Gasteiger partial charge in [0.2, 0.25) is 5.91 Å². The van der Waals surface area contributed by atoms with Gasteiger partial charge in [0.15, 0.2) is 0 Å². The van der Waals surface area contributed by atoms with Crippen molar-refractivity contribution in [3.05, 3.63) is 17.1 Å². The van der Waals surface area contributed by atoms with Crippen molar-refractivity contribution >= 4 is 11.7 Å². The molecule has 0 atom stereocenters. The number of hydrogen-bond donors (Lipinski definition) is 1. The third-order valence-corrected chi connectivity index (χ3v) is 2.17. The van der Waals surface area contributed by atoms with E-state index >= 15 is 0 Å². The van der Waals surface area contributed by atoms with Crippen LogP contribution in [0.5, 0.6) is 0 Å². The lowest BCUT2D eigenvalue weighted by Gasteiger charge is -2.03. The van der Waals surface area contributed by atoms with Crippen molar-refractivity contribution in [3.8, 4) is 0 Å². The number of carbonyl (C=O) groups is 1. The summed E-state index contributed by atoms with van der Waals surface area (Å²) in [6.45, 7) is 3.91. The van der Waals surface area contributed by atoms with Gasteiger partial charge in [-0.15, -0.1) is 0 Å². The number of amides is 1. The summed E-state index contributed by atoms with van der Waals surface area (Å²) < 4.78 is 0. The lowest BCUT2D eigenvalue weighted by molar-refractivity contribution is -0.115. The second-order valence-electron chi connectivity index (χ2n) is 3.13. The first kappa shape index (κ1) is 8.16. The third kappa shape index (κ3) is 1.28. The van der Waals surface area contributed by atoms with Crippen LogP contribution in [0.3, 0.4) is 0 Å². The van der Waals surface area contributed by atoms with Crippen molar-refractivity contribution < 1.29 is 4.79 Å². The number of anilines is 1. The van der Waals surface area contributed by atoms with Crippen LogP contribution in [0.2, 0.25) is 0 Å². The Hall–Kier alpha value is -1.45. The SMILES string of the molecule is CCc1nc(C)c2c(n1)NC(=O)C2. The van der Waals surface area contributed by atoms with Gasteiger partial charge in [0, 0.05) is 17.7 Å². The molecule has 0 saturated heterocycles. The summed E-state index contributed by atoms with van der Waals surface area (Å²) in [5.41, 5.74) is 1.86. The maximum absolute atomic E-state index is 11.1. The molecule has 4 heteroatoms. The van der Waals surface area contributed by atoms with E-state index in [0.717, 1.165) is 23.5 Å². The molecular weight excluding hydrogens is 166 g/mol. The standard InChI is InChI=1S/C9H11N3O/c1-3-7-10-5(2)6-4-8(13)12-9(6)11-7/h3-4H2,1-2H3,(H,10,11,12,13). The highest BCUT2D eigenvalue weighted by Crippen LogP contribution is 2.22. The summed E-state index contributed by atoms with van der Waals surface area (Å²) in [7, 11) is 0. The molecule has 13 heavy (non-hydrogen) atoms. The predicted molar refractivity (Wildman–Crippen MR) is 48.5 cm³/mol. The monoisotopic (exact) mass is 177 g/mol. The molecule has 0 unspecified atom stereocenters. The molecule has 1 aromatic rings. The Morgan fingerprint density at radius 3 is 2.92 bits per heavy atom. The van der Waals surface area contributed by atoms with Crippen molar-refractivity contribution in [2.45, 2.75) is 26.7 Å². The van der Waals surface area contributed by atoms with Gasteiger partial charge in [-0.05, 0) is 6.92 Å². The van der Waals surface area contributed by atoms with Gasteiger partial charge in [-0.25, -0.2) is 9.97 Å². The topological polar surface area (TPSA) is 54.9 Å². The quantitative estimate of drug-likeness (QED) is 0.691. The summed E-state index contributed by atoms with van der Waals surface area (Å²) in [6.07, 6.45) is 1.22. The number of nitrogens with zero attached hydrogens (tertiary/aromatic N) is 2. The van der Waals surface area contributed by atoms with Gasteiger partial charge in [-0.2, -0.15) is 0 Å². The van der Waals surface area contributed by atoms with E-state index in [1.807, 2.05) is 13.8 Å². The lowest BCUT2D eigenvalue weighted by atomic mass is 10.2. The maximum Gasteiger partial charge on any atom is 0.230 e. The van der Waals surface area contributed by atoms with E-state index in [2.05, 4.69) is 15.3 Å². The second-order valence-corrected chi connectivity index (χ2v) is 3.13. The van der Waals surface area contributed by atoms with Crippen LogP contribution in [0.25, 0.3) is 0 Å². The molecule has 0 bridgehead atoms. The molecule has 0 saturated carbocycles. The van der Waals surface area contributed by atoms with Gasteiger partial charge in [-0.3, -0.25) is 4.79 Å². The van der Waals surface area contributed by atoms with Crippen molar-refractivity contribution in [2.24, 2.45) is 0 Å². The van der Waals surface area contributed by atoms with Crippen molar-refractivity contribution in [2.75, 3.05) is 5.32 Å². The Kier molecular flexibility index (Phi) is 1.76. The van der Waals surface area contributed by atoms with Crippen LogP contribution >= 0.6 is 0 Å². The van der Waals surface area contributed by atoms with E-state index in [9.17, 15) is 4.79 Å². The average Bonchev–Trinajstić information content (AvgIpc) is 2.46. The normalized spacial score (nSPS) is 14.2. The zero-order chi connectivity index (χ0) is 9.42. The van der Waals surface area contributed by atoms with E-state index in [0.29, 0.717) is 12.2 Å². The summed E-state index contributed by atoms with van der Waals surface area (Å²) in [6, 6.07) is 0. The van der Waals surface area contributed by atoms with Crippen molar-refractivity contribution in [3.63, 3.8) is 0 Å².